The van der Waals surface area contributed by atoms with Crippen molar-refractivity contribution in [3.63, 3.8) is 0 Å². The zero-order valence-electron chi connectivity index (χ0n) is 15.0. The van der Waals surface area contributed by atoms with Crippen LogP contribution in [0.3, 0.4) is 0 Å². The van der Waals surface area contributed by atoms with E-state index >= 15 is 0 Å². The summed E-state index contributed by atoms with van der Waals surface area (Å²) in [4.78, 5) is 24.7. The lowest BCUT2D eigenvalue weighted by Gasteiger charge is -2.11. The van der Waals surface area contributed by atoms with E-state index in [9.17, 15) is 9.59 Å². The highest BCUT2D eigenvalue weighted by atomic mass is 16.2. The molecule has 0 unspecified atom stereocenters. The Bertz CT molecular complexity index is 876. The van der Waals surface area contributed by atoms with E-state index in [1.54, 1.807) is 41.3 Å². The van der Waals surface area contributed by atoms with Crippen molar-refractivity contribution in [1.82, 2.24) is 15.1 Å². The standard InChI is InChI=1S/C21H22N4O2/c26-20(12-16-25-15-6-13-23-25)24-19-10-5-4-9-18(19)21(27)22-14-11-17-7-2-1-3-8-17/h1-10,13,15H,11-12,14,16H2,(H,22,27)(H,24,26). The van der Waals surface area contributed by atoms with Crippen molar-refractivity contribution in [1.29, 1.82) is 0 Å². The molecule has 27 heavy (non-hydrogen) atoms. The number of carbonyl (C=O) groups is 2. The number of carbonyl (C=O) groups excluding carboxylic acids is 2. The summed E-state index contributed by atoms with van der Waals surface area (Å²) in [6.45, 7) is 1.02. The molecule has 0 radical (unpaired) electrons. The van der Waals surface area contributed by atoms with Crippen LogP contribution in [-0.4, -0.2) is 28.1 Å². The molecule has 3 aromatic rings. The van der Waals surface area contributed by atoms with Crippen molar-refractivity contribution >= 4 is 17.5 Å². The molecule has 2 amide bonds. The molecule has 0 saturated carbocycles. The van der Waals surface area contributed by atoms with Gasteiger partial charge in [-0.2, -0.15) is 5.10 Å². The third kappa shape index (κ3) is 5.54. The number of rotatable bonds is 8. The van der Waals surface area contributed by atoms with Gasteiger partial charge in [-0.05, 0) is 30.2 Å². The van der Waals surface area contributed by atoms with Crippen LogP contribution in [0.1, 0.15) is 22.3 Å². The molecule has 0 saturated heterocycles. The number of aromatic nitrogens is 2. The van der Waals surface area contributed by atoms with Crippen LogP contribution in [0.15, 0.2) is 73.1 Å². The van der Waals surface area contributed by atoms with Crippen LogP contribution >= 0.6 is 0 Å². The smallest absolute Gasteiger partial charge is 0.253 e. The molecule has 0 atom stereocenters. The highest BCUT2D eigenvalue weighted by Crippen LogP contribution is 2.15. The van der Waals surface area contributed by atoms with Crippen LogP contribution in [0, 0.1) is 0 Å². The number of nitrogens with one attached hydrogen (secondary N) is 2. The first-order chi connectivity index (χ1) is 13.2. The van der Waals surface area contributed by atoms with Gasteiger partial charge in [-0.3, -0.25) is 14.3 Å². The number of amides is 2. The van der Waals surface area contributed by atoms with Gasteiger partial charge in [0.15, 0.2) is 0 Å². The number of anilines is 1. The van der Waals surface area contributed by atoms with Gasteiger partial charge < -0.3 is 10.6 Å². The third-order valence-corrected chi connectivity index (χ3v) is 4.11. The van der Waals surface area contributed by atoms with E-state index in [0.29, 0.717) is 24.3 Å². The lowest BCUT2D eigenvalue weighted by Crippen LogP contribution is -2.27. The van der Waals surface area contributed by atoms with Crippen LogP contribution in [0.25, 0.3) is 0 Å². The third-order valence-electron chi connectivity index (χ3n) is 4.11. The maximum Gasteiger partial charge on any atom is 0.253 e. The first kappa shape index (κ1) is 18.4. The second-order valence-electron chi connectivity index (χ2n) is 6.10. The number of hydrogen-bond acceptors (Lipinski definition) is 3. The molecule has 3 rings (SSSR count). The molecule has 138 valence electrons. The lowest BCUT2D eigenvalue weighted by atomic mass is 10.1. The molecule has 0 aliphatic carbocycles. The molecule has 1 heterocycles. The summed E-state index contributed by atoms with van der Waals surface area (Å²) in [6, 6.07) is 18.8. The van der Waals surface area contributed by atoms with Crippen LogP contribution in [0.5, 0.6) is 0 Å². The summed E-state index contributed by atoms with van der Waals surface area (Å²) in [6.07, 6.45) is 4.52. The first-order valence-electron chi connectivity index (χ1n) is 8.91. The molecule has 6 heteroatoms. The van der Waals surface area contributed by atoms with E-state index in [0.717, 1.165) is 12.0 Å². The van der Waals surface area contributed by atoms with E-state index in [4.69, 9.17) is 0 Å². The van der Waals surface area contributed by atoms with Crippen molar-refractivity contribution in [2.45, 2.75) is 19.4 Å². The maximum absolute atomic E-state index is 12.5. The van der Waals surface area contributed by atoms with E-state index in [-0.39, 0.29) is 18.2 Å². The number of benzene rings is 2. The average molecular weight is 362 g/mol. The summed E-state index contributed by atoms with van der Waals surface area (Å²) < 4.78 is 1.70. The number of hydrogen-bond donors (Lipinski definition) is 2. The molecular formula is C21H22N4O2. The Kier molecular flexibility index (Phi) is 6.35. The molecule has 0 aliphatic rings. The average Bonchev–Trinajstić information content (AvgIpc) is 3.21. The minimum atomic E-state index is -0.200. The molecule has 2 aromatic carbocycles. The van der Waals surface area contributed by atoms with Crippen molar-refractivity contribution in [2.75, 3.05) is 11.9 Å². The second kappa shape index (κ2) is 9.33. The molecule has 1 aromatic heterocycles. The van der Waals surface area contributed by atoms with Gasteiger partial charge in [0.1, 0.15) is 0 Å². The normalized spacial score (nSPS) is 10.4. The molecule has 0 bridgehead atoms. The molecule has 2 N–H and O–H groups in total. The van der Waals surface area contributed by atoms with Crippen LogP contribution < -0.4 is 10.6 Å². The highest BCUT2D eigenvalue weighted by molar-refractivity contribution is 6.03. The van der Waals surface area contributed by atoms with Gasteiger partial charge in [0.05, 0.1) is 11.3 Å². The largest absolute Gasteiger partial charge is 0.352 e. The lowest BCUT2D eigenvalue weighted by molar-refractivity contribution is -0.116. The van der Waals surface area contributed by atoms with Gasteiger partial charge in [-0.25, -0.2) is 0 Å². The van der Waals surface area contributed by atoms with Crippen LogP contribution in [0.4, 0.5) is 5.69 Å². The van der Waals surface area contributed by atoms with Crippen molar-refractivity contribution in [3.8, 4) is 0 Å². The highest BCUT2D eigenvalue weighted by Gasteiger charge is 2.12. The van der Waals surface area contributed by atoms with Gasteiger partial charge in [0.2, 0.25) is 5.91 Å². The van der Waals surface area contributed by atoms with Crippen molar-refractivity contribution in [2.24, 2.45) is 0 Å². The summed E-state index contributed by atoms with van der Waals surface area (Å²) in [5.74, 6) is -0.357. The molecule has 0 spiro atoms. The summed E-state index contributed by atoms with van der Waals surface area (Å²) in [5.41, 5.74) is 2.14. The Morgan fingerprint density at radius 1 is 0.963 bits per heavy atom. The van der Waals surface area contributed by atoms with Crippen LogP contribution in [0.2, 0.25) is 0 Å². The van der Waals surface area contributed by atoms with E-state index in [1.807, 2.05) is 36.4 Å². The van der Waals surface area contributed by atoms with Crippen LogP contribution in [-0.2, 0) is 17.8 Å². The van der Waals surface area contributed by atoms with Crippen molar-refractivity contribution in [3.05, 3.63) is 84.2 Å². The zero-order valence-corrected chi connectivity index (χ0v) is 15.0. The number of aryl methyl sites for hydroxylation is 1. The molecule has 0 aliphatic heterocycles. The topological polar surface area (TPSA) is 76.0 Å². The first-order valence-corrected chi connectivity index (χ1v) is 8.91. The molecular weight excluding hydrogens is 340 g/mol. The zero-order chi connectivity index (χ0) is 18.9. The fourth-order valence-electron chi connectivity index (χ4n) is 2.71. The Labute approximate surface area is 158 Å². The minimum Gasteiger partial charge on any atom is -0.352 e. The van der Waals surface area contributed by atoms with Gasteiger partial charge in [-0.15, -0.1) is 0 Å². The Hall–Kier alpha value is -3.41. The number of para-hydroxylation sites is 1. The second-order valence-corrected chi connectivity index (χ2v) is 6.10. The van der Waals surface area contributed by atoms with Gasteiger partial charge in [0.25, 0.3) is 5.91 Å². The maximum atomic E-state index is 12.5. The SMILES string of the molecule is O=C(CCn1cccn1)Nc1ccccc1C(=O)NCCc1ccccc1. The Morgan fingerprint density at radius 2 is 1.74 bits per heavy atom. The fourth-order valence-corrected chi connectivity index (χ4v) is 2.71. The minimum absolute atomic E-state index is 0.157. The molecule has 0 fully saturated rings. The molecule has 6 nitrogen and oxygen atoms in total. The number of nitrogens with zero attached hydrogens (tertiary/aromatic N) is 2. The Morgan fingerprint density at radius 3 is 2.52 bits per heavy atom. The Balaban J connectivity index is 1.54. The fraction of sp³-hybridized carbons (Fsp3) is 0.190. The monoisotopic (exact) mass is 362 g/mol. The summed E-state index contributed by atoms with van der Waals surface area (Å²) in [7, 11) is 0. The van der Waals surface area contributed by atoms with Crippen molar-refractivity contribution < 1.29 is 9.59 Å². The quantitative estimate of drug-likeness (QED) is 0.647. The summed E-state index contributed by atoms with van der Waals surface area (Å²) in [5, 5.41) is 9.80. The van der Waals surface area contributed by atoms with E-state index in [1.165, 1.54) is 0 Å². The van der Waals surface area contributed by atoms with Gasteiger partial charge in [0, 0.05) is 31.9 Å². The van der Waals surface area contributed by atoms with E-state index in [2.05, 4.69) is 15.7 Å². The van der Waals surface area contributed by atoms with E-state index < -0.39 is 0 Å². The van der Waals surface area contributed by atoms with Gasteiger partial charge in [-0.1, -0.05) is 42.5 Å². The predicted molar refractivity (Wildman–Crippen MR) is 104 cm³/mol. The predicted octanol–water partition coefficient (Wildman–Crippen LogP) is 2.88. The van der Waals surface area contributed by atoms with Gasteiger partial charge >= 0.3 is 0 Å². The summed E-state index contributed by atoms with van der Waals surface area (Å²) >= 11 is 0.